The van der Waals surface area contributed by atoms with Crippen molar-refractivity contribution in [3.05, 3.63) is 34.3 Å². The smallest absolute Gasteiger partial charge is 0.326 e. The molecule has 6 heteroatoms. The molecule has 0 spiro atoms. The molecular formula is C14H20BrF3N2. The zero-order chi connectivity index (χ0) is 15.3. The maximum Gasteiger partial charge on any atom is 0.390 e. The van der Waals surface area contributed by atoms with Gasteiger partial charge in [0.1, 0.15) is 0 Å². The largest absolute Gasteiger partial charge is 0.390 e. The Morgan fingerprint density at radius 3 is 2.50 bits per heavy atom. The molecule has 1 rings (SSSR count). The van der Waals surface area contributed by atoms with Crippen LogP contribution in [0.5, 0.6) is 0 Å². The van der Waals surface area contributed by atoms with E-state index in [1.165, 1.54) is 0 Å². The third-order valence-electron chi connectivity index (χ3n) is 3.29. The van der Waals surface area contributed by atoms with Gasteiger partial charge in [0, 0.05) is 23.1 Å². The van der Waals surface area contributed by atoms with Gasteiger partial charge in [0.05, 0.1) is 6.42 Å². The highest BCUT2D eigenvalue weighted by molar-refractivity contribution is 9.10. The Balaban J connectivity index is 2.89. The molecule has 0 heterocycles. The van der Waals surface area contributed by atoms with Gasteiger partial charge < -0.3 is 5.73 Å². The molecule has 0 saturated carbocycles. The van der Waals surface area contributed by atoms with Crippen LogP contribution in [-0.4, -0.2) is 30.7 Å². The summed E-state index contributed by atoms with van der Waals surface area (Å²) in [5, 5.41) is 0. The lowest BCUT2D eigenvalue weighted by molar-refractivity contribution is -0.138. The van der Waals surface area contributed by atoms with E-state index in [0.717, 1.165) is 10.0 Å². The van der Waals surface area contributed by atoms with Crippen LogP contribution in [-0.2, 0) is 0 Å². The van der Waals surface area contributed by atoms with E-state index >= 15 is 0 Å². The maximum absolute atomic E-state index is 12.4. The normalized spacial score (nSPS) is 15.4. The summed E-state index contributed by atoms with van der Waals surface area (Å²) >= 11 is 3.38. The van der Waals surface area contributed by atoms with Crippen molar-refractivity contribution in [2.24, 2.45) is 5.73 Å². The Bertz CT molecular complexity index is 423. The molecule has 2 unspecified atom stereocenters. The standard InChI is InChI=1S/C14H20BrF3N2/c1-3-12(19)13(10-5-4-6-11(15)9-10)20(2)8-7-14(16,17)18/h4-6,9,12-13H,3,7-8,19H2,1-2H3. The molecule has 0 saturated heterocycles. The number of benzene rings is 1. The summed E-state index contributed by atoms with van der Waals surface area (Å²) in [5.41, 5.74) is 7.03. The quantitative estimate of drug-likeness (QED) is 0.834. The van der Waals surface area contributed by atoms with Crippen molar-refractivity contribution < 1.29 is 13.2 Å². The number of hydrogen-bond acceptors (Lipinski definition) is 2. The van der Waals surface area contributed by atoms with E-state index in [1.54, 1.807) is 11.9 Å². The first kappa shape index (κ1) is 17.5. The van der Waals surface area contributed by atoms with Crippen LogP contribution in [0.4, 0.5) is 13.2 Å². The van der Waals surface area contributed by atoms with Gasteiger partial charge in [-0.1, -0.05) is 35.0 Å². The van der Waals surface area contributed by atoms with E-state index < -0.39 is 12.6 Å². The van der Waals surface area contributed by atoms with E-state index in [-0.39, 0.29) is 18.6 Å². The molecule has 0 aromatic heterocycles. The number of likely N-dealkylation sites (N-methyl/N-ethyl adjacent to an activating group) is 1. The number of hydrogen-bond donors (Lipinski definition) is 1. The zero-order valence-electron chi connectivity index (χ0n) is 11.6. The molecule has 0 amide bonds. The van der Waals surface area contributed by atoms with Crippen molar-refractivity contribution in [3.8, 4) is 0 Å². The summed E-state index contributed by atoms with van der Waals surface area (Å²) in [7, 11) is 1.69. The van der Waals surface area contributed by atoms with Gasteiger partial charge in [0.15, 0.2) is 0 Å². The third kappa shape index (κ3) is 5.42. The molecule has 1 aromatic carbocycles. The van der Waals surface area contributed by atoms with E-state index in [2.05, 4.69) is 15.9 Å². The van der Waals surface area contributed by atoms with Gasteiger partial charge in [0.25, 0.3) is 0 Å². The van der Waals surface area contributed by atoms with Gasteiger partial charge >= 0.3 is 6.18 Å². The maximum atomic E-state index is 12.4. The Labute approximate surface area is 126 Å². The molecule has 0 fully saturated rings. The first-order valence-corrected chi connectivity index (χ1v) is 7.32. The molecule has 2 atom stereocenters. The van der Waals surface area contributed by atoms with Gasteiger partial charge in [-0.05, 0) is 31.2 Å². The van der Waals surface area contributed by atoms with E-state index in [0.29, 0.717) is 6.42 Å². The van der Waals surface area contributed by atoms with Crippen LogP contribution in [0, 0.1) is 0 Å². The predicted molar refractivity (Wildman–Crippen MR) is 78.5 cm³/mol. The third-order valence-corrected chi connectivity index (χ3v) is 3.78. The number of nitrogens with two attached hydrogens (primary N) is 1. The molecule has 2 nitrogen and oxygen atoms in total. The molecule has 2 N–H and O–H groups in total. The van der Waals surface area contributed by atoms with Gasteiger partial charge in [-0.25, -0.2) is 0 Å². The van der Waals surface area contributed by atoms with Gasteiger partial charge in [0.2, 0.25) is 0 Å². The second-order valence-electron chi connectivity index (χ2n) is 4.92. The Morgan fingerprint density at radius 1 is 1.35 bits per heavy atom. The van der Waals surface area contributed by atoms with Crippen LogP contribution in [0.3, 0.4) is 0 Å². The summed E-state index contributed by atoms with van der Waals surface area (Å²) in [6, 6.07) is 7.13. The van der Waals surface area contributed by atoms with Crippen LogP contribution in [0.2, 0.25) is 0 Å². The van der Waals surface area contributed by atoms with Crippen LogP contribution in [0.25, 0.3) is 0 Å². The van der Waals surface area contributed by atoms with Crippen LogP contribution >= 0.6 is 15.9 Å². The molecular weight excluding hydrogens is 333 g/mol. The SMILES string of the molecule is CCC(N)C(c1cccc(Br)c1)N(C)CCC(F)(F)F. The molecule has 1 aromatic rings. The first-order valence-electron chi connectivity index (χ1n) is 6.52. The summed E-state index contributed by atoms with van der Waals surface area (Å²) in [6.07, 6.45) is -4.27. The van der Waals surface area contributed by atoms with Crippen molar-refractivity contribution >= 4 is 15.9 Å². The minimum absolute atomic E-state index is 0.0611. The highest BCUT2D eigenvalue weighted by atomic mass is 79.9. The minimum atomic E-state index is -4.15. The lowest BCUT2D eigenvalue weighted by atomic mass is 9.96. The number of nitrogens with zero attached hydrogens (tertiary/aromatic N) is 1. The van der Waals surface area contributed by atoms with Crippen molar-refractivity contribution in [1.82, 2.24) is 4.90 Å². The van der Waals surface area contributed by atoms with Crippen molar-refractivity contribution in [3.63, 3.8) is 0 Å². The molecule has 0 aliphatic rings. The van der Waals surface area contributed by atoms with Crippen LogP contribution in [0.1, 0.15) is 31.4 Å². The molecule has 0 bridgehead atoms. The van der Waals surface area contributed by atoms with Crippen LogP contribution < -0.4 is 5.73 Å². The number of alkyl halides is 3. The van der Waals surface area contributed by atoms with Gasteiger partial charge in [-0.15, -0.1) is 0 Å². The number of rotatable bonds is 6. The summed E-state index contributed by atoms with van der Waals surface area (Å²) in [5.74, 6) is 0. The number of halogens is 4. The van der Waals surface area contributed by atoms with E-state index in [4.69, 9.17) is 5.73 Å². The molecule has 114 valence electrons. The van der Waals surface area contributed by atoms with Gasteiger partial charge in [-0.2, -0.15) is 13.2 Å². The Hall–Kier alpha value is -0.590. The Morgan fingerprint density at radius 2 is 2.00 bits per heavy atom. The predicted octanol–water partition coefficient (Wildman–Crippen LogP) is 4.11. The molecule has 0 aliphatic heterocycles. The van der Waals surface area contributed by atoms with E-state index in [9.17, 15) is 13.2 Å². The summed E-state index contributed by atoms with van der Waals surface area (Å²) in [4.78, 5) is 1.68. The van der Waals surface area contributed by atoms with E-state index in [1.807, 2.05) is 31.2 Å². The monoisotopic (exact) mass is 352 g/mol. The molecule has 0 aliphatic carbocycles. The topological polar surface area (TPSA) is 29.3 Å². The van der Waals surface area contributed by atoms with Crippen molar-refractivity contribution in [2.45, 2.75) is 38.0 Å². The Kier molecular flexibility index (Phi) is 6.48. The lowest BCUT2D eigenvalue weighted by Gasteiger charge is -2.33. The fourth-order valence-corrected chi connectivity index (χ4v) is 2.60. The average molecular weight is 353 g/mol. The fraction of sp³-hybridized carbons (Fsp3) is 0.571. The van der Waals surface area contributed by atoms with Crippen molar-refractivity contribution in [1.29, 1.82) is 0 Å². The fourth-order valence-electron chi connectivity index (χ4n) is 2.18. The highest BCUT2D eigenvalue weighted by Gasteiger charge is 2.30. The van der Waals surface area contributed by atoms with Gasteiger partial charge in [-0.3, -0.25) is 4.90 Å². The molecule has 20 heavy (non-hydrogen) atoms. The summed E-state index contributed by atoms with van der Waals surface area (Å²) < 4.78 is 38.0. The lowest BCUT2D eigenvalue weighted by Crippen LogP contribution is -2.40. The zero-order valence-corrected chi connectivity index (χ0v) is 13.2. The second-order valence-corrected chi connectivity index (χ2v) is 5.83. The molecule has 0 radical (unpaired) electrons. The highest BCUT2D eigenvalue weighted by Crippen LogP contribution is 2.28. The minimum Gasteiger partial charge on any atom is -0.326 e. The van der Waals surface area contributed by atoms with Crippen LogP contribution in [0.15, 0.2) is 28.7 Å². The summed E-state index contributed by atoms with van der Waals surface area (Å²) in [6.45, 7) is 1.88. The van der Waals surface area contributed by atoms with Crippen molar-refractivity contribution in [2.75, 3.05) is 13.6 Å². The average Bonchev–Trinajstić information content (AvgIpc) is 2.35. The second kappa shape index (κ2) is 7.43. The first-order chi connectivity index (χ1) is 9.24.